The smallest absolute Gasteiger partial charge is 0.137 e. The van der Waals surface area contributed by atoms with E-state index in [1.807, 2.05) is 6.92 Å². The fourth-order valence-electron chi connectivity index (χ4n) is 1.55. The van der Waals surface area contributed by atoms with E-state index >= 15 is 0 Å². The quantitative estimate of drug-likeness (QED) is 0.807. The highest BCUT2D eigenvalue weighted by molar-refractivity contribution is 6.32. The van der Waals surface area contributed by atoms with Gasteiger partial charge >= 0.3 is 0 Å². The average molecular weight is 217 g/mol. The van der Waals surface area contributed by atoms with Gasteiger partial charge in [-0.15, -0.1) is 0 Å². The maximum atomic E-state index is 13.0. The third kappa shape index (κ3) is 2.38. The molecular formula is C11H14ClFO. The van der Waals surface area contributed by atoms with Crippen molar-refractivity contribution >= 4 is 11.6 Å². The van der Waals surface area contributed by atoms with Crippen molar-refractivity contribution in [1.82, 2.24) is 0 Å². The van der Waals surface area contributed by atoms with E-state index < -0.39 is 5.82 Å². The predicted octanol–water partition coefficient (Wildman–Crippen LogP) is 4.09. The predicted molar refractivity (Wildman–Crippen MR) is 56.4 cm³/mol. The second-order valence-electron chi connectivity index (χ2n) is 3.52. The molecule has 0 radical (unpaired) electrons. The van der Waals surface area contributed by atoms with Crippen molar-refractivity contribution < 1.29 is 9.50 Å². The first-order valence-corrected chi connectivity index (χ1v) is 5.12. The van der Waals surface area contributed by atoms with Crippen molar-refractivity contribution in [1.29, 1.82) is 0 Å². The van der Waals surface area contributed by atoms with Crippen LogP contribution in [-0.4, -0.2) is 5.11 Å². The third-order valence-electron chi connectivity index (χ3n) is 2.31. The van der Waals surface area contributed by atoms with Gasteiger partial charge in [-0.2, -0.15) is 0 Å². The van der Waals surface area contributed by atoms with Crippen LogP contribution in [0.5, 0.6) is 5.75 Å². The number of benzene rings is 1. The highest BCUT2D eigenvalue weighted by atomic mass is 35.5. The molecular weight excluding hydrogens is 203 g/mol. The Labute approximate surface area is 88.5 Å². The van der Waals surface area contributed by atoms with Gasteiger partial charge < -0.3 is 5.11 Å². The third-order valence-corrected chi connectivity index (χ3v) is 2.60. The highest BCUT2D eigenvalue weighted by Gasteiger charge is 2.13. The van der Waals surface area contributed by atoms with Crippen LogP contribution in [0.3, 0.4) is 0 Å². The molecule has 1 unspecified atom stereocenters. The number of halogens is 2. The molecule has 0 spiro atoms. The minimum absolute atomic E-state index is 0.00835. The van der Waals surface area contributed by atoms with E-state index in [0.29, 0.717) is 5.56 Å². The summed E-state index contributed by atoms with van der Waals surface area (Å²) in [6, 6.07) is 2.47. The first-order chi connectivity index (χ1) is 6.56. The summed E-state index contributed by atoms with van der Waals surface area (Å²) < 4.78 is 13.0. The van der Waals surface area contributed by atoms with Crippen LogP contribution >= 0.6 is 11.6 Å². The lowest BCUT2D eigenvalue weighted by Gasteiger charge is -2.13. The minimum Gasteiger partial charge on any atom is -0.506 e. The minimum atomic E-state index is -0.397. The zero-order valence-electron chi connectivity index (χ0n) is 8.35. The summed E-state index contributed by atoms with van der Waals surface area (Å²) in [4.78, 5) is 0. The van der Waals surface area contributed by atoms with Crippen LogP contribution in [0.1, 0.15) is 38.2 Å². The lowest BCUT2D eigenvalue weighted by atomic mass is 9.95. The molecule has 0 bridgehead atoms. The van der Waals surface area contributed by atoms with Crippen LogP contribution in [0.4, 0.5) is 4.39 Å². The molecule has 14 heavy (non-hydrogen) atoms. The van der Waals surface area contributed by atoms with E-state index in [1.54, 1.807) is 0 Å². The Balaban J connectivity index is 3.07. The lowest BCUT2D eigenvalue weighted by Crippen LogP contribution is -1.95. The number of phenols is 1. The molecule has 78 valence electrons. The zero-order chi connectivity index (χ0) is 10.7. The molecule has 1 N–H and O–H groups in total. The standard InChI is InChI=1S/C11H14ClFO/c1-3-4-7(2)9-5-8(13)6-10(12)11(9)14/h5-7,14H,3-4H2,1-2H3. The van der Waals surface area contributed by atoms with Gasteiger partial charge in [0.2, 0.25) is 0 Å². The normalized spacial score (nSPS) is 12.9. The second kappa shape index (κ2) is 4.65. The van der Waals surface area contributed by atoms with Gasteiger partial charge in [0, 0.05) is 5.56 Å². The van der Waals surface area contributed by atoms with Crippen molar-refractivity contribution in [2.24, 2.45) is 0 Å². The summed E-state index contributed by atoms with van der Waals surface area (Å²) in [5, 5.41) is 9.71. The van der Waals surface area contributed by atoms with Crippen molar-refractivity contribution in [3.63, 3.8) is 0 Å². The van der Waals surface area contributed by atoms with Gasteiger partial charge in [0.1, 0.15) is 11.6 Å². The van der Waals surface area contributed by atoms with E-state index in [4.69, 9.17) is 11.6 Å². The van der Waals surface area contributed by atoms with Gasteiger partial charge in [-0.1, -0.05) is 31.9 Å². The molecule has 1 rings (SSSR count). The van der Waals surface area contributed by atoms with E-state index in [2.05, 4.69) is 6.92 Å². The van der Waals surface area contributed by atoms with Crippen LogP contribution in [0.2, 0.25) is 5.02 Å². The Kier molecular flexibility index (Phi) is 3.76. The summed E-state index contributed by atoms with van der Waals surface area (Å²) in [5.41, 5.74) is 0.594. The Morgan fingerprint density at radius 1 is 1.50 bits per heavy atom. The zero-order valence-corrected chi connectivity index (χ0v) is 9.11. The Morgan fingerprint density at radius 2 is 2.14 bits per heavy atom. The SMILES string of the molecule is CCCC(C)c1cc(F)cc(Cl)c1O. The molecule has 0 aliphatic carbocycles. The summed E-state index contributed by atoms with van der Waals surface area (Å²) in [6.07, 6.45) is 1.90. The Hall–Kier alpha value is -0.760. The summed E-state index contributed by atoms with van der Waals surface area (Å²) >= 11 is 5.67. The number of hydrogen-bond donors (Lipinski definition) is 1. The Morgan fingerprint density at radius 3 is 2.71 bits per heavy atom. The first-order valence-electron chi connectivity index (χ1n) is 4.74. The molecule has 1 atom stereocenters. The molecule has 0 aliphatic heterocycles. The molecule has 1 aromatic carbocycles. The Bertz CT molecular complexity index is 325. The number of aromatic hydroxyl groups is 1. The second-order valence-corrected chi connectivity index (χ2v) is 3.92. The van der Waals surface area contributed by atoms with Crippen LogP contribution in [0.25, 0.3) is 0 Å². The average Bonchev–Trinajstić information content (AvgIpc) is 2.11. The number of hydrogen-bond acceptors (Lipinski definition) is 1. The van der Waals surface area contributed by atoms with E-state index in [1.165, 1.54) is 6.07 Å². The monoisotopic (exact) mass is 216 g/mol. The number of rotatable bonds is 3. The molecule has 0 aliphatic rings. The fourth-order valence-corrected chi connectivity index (χ4v) is 1.76. The van der Waals surface area contributed by atoms with Crippen LogP contribution in [0.15, 0.2) is 12.1 Å². The van der Waals surface area contributed by atoms with E-state index in [9.17, 15) is 9.50 Å². The van der Waals surface area contributed by atoms with E-state index in [-0.39, 0.29) is 16.7 Å². The van der Waals surface area contributed by atoms with Crippen molar-refractivity contribution in [3.8, 4) is 5.75 Å². The summed E-state index contributed by atoms with van der Waals surface area (Å²) in [6.45, 7) is 4.00. The van der Waals surface area contributed by atoms with Crippen molar-refractivity contribution in [2.45, 2.75) is 32.6 Å². The molecule has 0 saturated carbocycles. The highest BCUT2D eigenvalue weighted by Crippen LogP contribution is 2.35. The molecule has 0 heterocycles. The van der Waals surface area contributed by atoms with Gasteiger partial charge in [0.15, 0.2) is 0 Å². The topological polar surface area (TPSA) is 20.2 Å². The lowest BCUT2D eigenvalue weighted by molar-refractivity contribution is 0.457. The summed E-state index contributed by atoms with van der Waals surface area (Å²) in [7, 11) is 0. The van der Waals surface area contributed by atoms with Crippen molar-refractivity contribution in [2.75, 3.05) is 0 Å². The van der Waals surface area contributed by atoms with Crippen LogP contribution in [0, 0.1) is 5.82 Å². The molecule has 3 heteroatoms. The largest absolute Gasteiger partial charge is 0.506 e. The molecule has 0 amide bonds. The molecule has 0 saturated heterocycles. The van der Waals surface area contributed by atoms with Crippen LogP contribution in [-0.2, 0) is 0 Å². The van der Waals surface area contributed by atoms with Gasteiger partial charge in [-0.05, 0) is 24.5 Å². The maximum Gasteiger partial charge on any atom is 0.137 e. The molecule has 1 nitrogen and oxygen atoms in total. The fraction of sp³-hybridized carbons (Fsp3) is 0.455. The van der Waals surface area contributed by atoms with Gasteiger partial charge in [0.05, 0.1) is 5.02 Å². The van der Waals surface area contributed by atoms with Crippen LogP contribution < -0.4 is 0 Å². The van der Waals surface area contributed by atoms with Gasteiger partial charge in [-0.3, -0.25) is 0 Å². The molecule has 0 aromatic heterocycles. The van der Waals surface area contributed by atoms with Gasteiger partial charge in [0.25, 0.3) is 0 Å². The maximum absolute atomic E-state index is 13.0. The number of phenolic OH excluding ortho intramolecular Hbond substituents is 1. The van der Waals surface area contributed by atoms with Crippen molar-refractivity contribution in [3.05, 3.63) is 28.5 Å². The van der Waals surface area contributed by atoms with Gasteiger partial charge in [-0.25, -0.2) is 4.39 Å². The first kappa shape index (κ1) is 11.3. The molecule has 0 fully saturated rings. The van der Waals surface area contributed by atoms with E-state index in [0.717, 1.165) is 18.9 Å². The molecule has 1 aromatic rings. The summed E-state index contributed by atoms with van der Waals surface area (Å²) in [5.74, 6) is -0.257.